The molecule has 1 N–H and O–H groups in total. The average molecular weight is 223 g/mol. The van der Waals surface area contributed by atoms with E-state index in [2.05, 4.69) is 5.32 Å². The number of carbonyl (C=O) groups is 1. The predicted molar refractivity (Wildman–Crippen MR) is 65.7 cm³/mol. The van der Waals surface area contributed by atoms with Crippen molar-refractivity contribution in [3.8, 4) is 0 Å². The maximum Gasteiger partial charge on any atom is 0.255 e. The number of carbonyl (C=O) groups excluding carboxylic acids is 1. The Bertz CT molecular complexity index is 600. The minimum atomic E-state index is -0.157. The summed E-state index contributed by atoms with van der Waals surface area (Å²) < 4.78 is 1.09. The van der Waals surface area contributed by atoms with Crippen LogP contribution in [0.25, 0.3) is 5.53 Å². The lowest BCUT2D eigenvalue weighted by atomic mass is 10.2. The minimum absolute atomic E-state index is 0.157. The zero-order chi connectivity index (χ0) is 11.8. The van der Waals surface area contributed by atoms with Gasteiger partial charge in [0.15, 0.2) is 11.4 Å². The topological polar surface area (TPSA) is 54.4 Å². The van der Waals surface area contributed by atoms with E-state index in [0.717, 1.165) is 4.70 Å². The van der Waals surface area contributed by atoms with Crippen LogP contribution in [0, 0.1) is 0 Å². The summed E-state index contributed by atoms with van der Waals surface area (Å²) in [6.07, 6.45) is 0. The van der Waals surface area contributed by atoms with Crippen LogP contribution in [0.4, 0.5) is 17.1 Å². The van der Waals surface area contributed by atoms with Gasteiger partial charge in [0.05, 0.1) is 0 Å². The van der Waals surface area contributed by atoms with Gasteiger partial charge in [-0.05, 0) is 24.3 Å². The van der Waals surface area contributed by atoms with E-state index in [1.807, 2.05) is 0 Å². The standard InChI is InChI=1S/C13H9N3O/c14-16-11-5-1-9(2-6-11)13(17)15-10-3-7-12(16)8-4-10/h1-8H,(H,15,17). The van der Waals surface area contributed by atoms with E-state index < -0.39 is 0 Å². The lowest BCUT2D eigenvalue weighted by Gasteiger charge is -2.04. The number of hydrogen-bond acceptors (Lipinski definition) is 1. The molecular formula is C13H9N3O. The van der Waals surface area contributed by atoms with Gasteiger partial charge in [0.1, 0.15) is 0 Å². The van der Waals surface area contributed by atoms with Crippen LogP contribution in [0.3, 0.4) is 0 Å². The summed E-state index contributed by atoms with van der Waals surface area (Å²) in [6.45, 7) is 0. The monoisotopic (exact) mass is 223 g/mol. The van der Waals surface area contributed by atoms with Crippen LogP contribution >= 0.6 is 0 Å². The zero-order valence-electron chi connectivity index (χ0n) is 8.92. The molecular weight excluding hydrogens is 214 g/mol. The van der Waals surface area contributed by atoms with Crippen molar-refractivity contribution >= 4 is 23.0 Å². The van der Waals surface area contributed by atoms with E-state index >= 15 is 0 Å². The van der Waals surface area contributed by atoms with Crippen molar-refractivity contribution in [1.29, 1.82) is 0 Å². The largest absolute Gasteiger partial charge is 0.493 e. The van der Waals surface area contributed by atoms with E-state index in [4.69, 9.17) is 0 Å². The number of hydrogen-bond donors (Lipinski definition) is 1. The Kier molecular flexibility index (Phi) is 2.01. The Morgan fingerprint density at radius 2 is 1.41 bits per heavy atom. The van der Waals surface area contributed by atoms with Gasteiger partial charge in [0.25, 0.3) is 5.91 Å². The van der Waals surface area contributed by atoms with Crippen LogP contribution < -0.4 is 10.0 Å². The first-order valence-corrected chi connectivity index (χ1v) is 5.24. The summed E-state index contributed by atoms with van der Waals surface area (Å²) in [5.74, 6) is -0.157. The molecule has 2 aromatic carbocycles. The molecule has 0 unspecified atom stereocenters. The highest BCUT2D eigenvalue weighted by molar-refractivity contribution is 6.04. The molecule has 0 atom stereocenters. The van der Waals surface area contributed by atoms with Gasteiger partial charge in [-0.25, -0.2) is 4.70 Å². The second kappa shape index (κ2) is 3.52. The number of nitrogens with one attached hydrogen (secondary N) is 1. The molecule has 4 bridgehead atoms. The van der Waals surface area contributed by atoms with Gasteiger partial charge in [-0.2, -0.15) is 0 Å². The molecule has 0 saturated carbocycles. The summed E-state index contributed by atoms with van der Waals surface area (Å²) in [5.41, 5.74) is 12.5. The zero-order valence-corrected chi connectivity index (χ0v) is 8.92. The third-order valence-corrected chi connectivity index (χ3v) is 2.74. The van der Waals surface area contributed by atoms with E-state index in [0.29, 0.717) is 22.6 Å². The van der Waals surface area contributed by atoms with E-state index in [1.54, 1.807) is 48.5 Å². The second-order valence-corrected chi connectivity index (χ2v) is 3.86. The van der Waals surface area contributed by atoms with Crippen LogP contribution in [-0.4, -0.2) is 5.91 Å². The number of amides is 1. The highest BCUT2D eigenvalue weighted by atomic mass is 16.1. The van der Waals surface area contributed by atoms with Gasteiger partial charge in [0.2, 0.25) is 0 Å². The Balaban J connectivity index is 2.24. The average Bonchev–Trinajstić information content (AvgIpc) is 2.43. The van der Waals surface area contributed by atoms with Crippen LogP contribution in [0.2, 0.25) is 0 Å². The molecule has 0 saturated heterocycles. The molecule has 0 aromatic heterocycles. The maximum absolute atomic E-state index is 11.8. The molecule has 17 heavy (non-hydrogen) atoms. The number of nitrogens with zero attached hydrogens (tertiary/aromatic N) is 2. The van der Waals surface area contributed by atoms with Crippen LogP contribution in [0.1, 0.15) is 10.4 Å². The van der Waals surface area contributed by atoms with Gasteiger partial charge in [-0.3, -0.25) is 4.79 Å². The van der Waals surface area contributed by atoms with Crippen molar-refractivity contribution < 1.29 is 4.79 Å². The summed E-state index contributed by atoms with van der Waals surface area (Å²) in [7, 11) is 0. The molecule has 0 fully saturated rings. The van der Waals surface area contributed by atoms with Gasteiger partial charge in [-0.15, -0.1) is 0 Å². The molecule has 0 aliphatic carbocycles. The first-order chi connectivity index (χ1) is 8.24. The molecule has 4 heteroatoms. The van der Waals surface area contributed by atoms with Gasteiger partial charge in [-0.1, -0.05) is 0 Å². The lowest BCUT2D eigenvalue weighted by molar-refractivity contribution is 0.102. The third kappa shape index (κ3) is 1.59. The highest BCUT2D eigenvalue weighted by Crippen LogP contribution is 2.24. The Morgan fingerprint density at radius 3 is 2.00 bits per heavy atom. The molecule has 2 aromatic rings. The van der Waals surface area contributed by atoms with Crippen molar-refractivity contribution in [2.24, 2.45) is 0 Å². The lowest BCUT2D eigenvalue weighted by Crippen LogP contribution is -2.11. The number of rotatable bonds is 0. The smallest absolute Gasteiger partial charge is 0.255 e. The maximum atomic E-state index is 11.8. The molecule has 4 nitrogen and oxygen atoms in total. The van der Waals surface area contributed by atoms with Crippen molar-refractivity contribution in [2.75, 3.05) is 5.32 Å². The number of benzene rings is 2. The van der Waals surface area contributed by atoms with Gasteiger partial charge < -0.3 is 10.8 Å². The normalized spacial score (nSPS) is 13.4. The van der Waals surface area contributed by atoms with Crippen LogP contribution in [-0.2, 0) is 0 Å². The molecule has 0 spiro atoms. The van der Waals surface area contributed by atoms with Gasteiger partial charge >= 0.3 is 0 Å². The molecule has 6 rings (SSSR count). The second-order valence-electron chi connectivity index (χ2n) is 3.86. The Labute approximate surface area is 98.0 Å². The fourth-order valence-corrected chi connectivity index (χ4v) is 1.79. The summed E-state index contributed by atoms with van der Waals surface area (Å²) in [6, 6.07) is 13.8. The van der Waals surface area contributed by atoms with E-state index in [1.165, 1.54) is 0 Å². The van der Waals surface area contributed by atoms with Crippen LogP contribution in [0.5, 0.6) is 0 Å². The molecule has 1 amide bonds. The SMILES string of the molecule is [N-]=[N+]1c2ccc(cc2)NC(=O)c2ccc1cc2. The first-order valence-electron chi connectivity index (χ1n) is 5.24. The summed E-state index contributed by atoms with van der Waals surface area (Å²) in [5, 5.41) is 2.78. The molecule has 82 valence electrons. The fourth-order valence-electron chi connectivity index (χ4n) is 1.79. The summed E-state index contributed by atoms with van der Waals surface area (Å²) >= 11 is 0. The molecule has 4 aliphatic heterocycles. The Morgan fingerprint density at radius 1 is 0.882 bits per heavy atom. The fraction of sp³-hybridized carbons (Fsp3) is 0. The van der Waals surface area contributed by atoms with E-state index in [-0.39, 0.29) is 5.91 Å². The summed E-state index contributed by atoms with van der Waals surface area (Å²) in [4.78, 5) is 11.8. The van der Waals surface area contributed by atoms with Gasteiger partial charge in [0, 0.05) is 35.5 Å². The molecule has 4 heterocycles. The predicted octanol–water partition coefficient (Wildman–Crippen LogP) is 3.11. The molecule has 0 radical (unpaired) electrons. The van der Waals surface area contributed by atoms with E-state index in [9.17, 15) is 10.3 Å². The minimum Gasteiger partial charge on any atom is -0.493 e. The molecule has 4 aliphatic rings. The van der Waals surface area contributed by atoms with Crippen LogP contribution in [0.15, 0.2) is 48.5 Å². The third-order valence-electron chi connectivity index (χ3n) is 2.74. The van der Waals surface area contributed by atoms with Crippen molar-refractivity contribution in [3.05, 3.63) is 59.6 Å². The number of anilines is 1. The Hall–Kier alpha value is -2.49. The quantitative estimate of drug-likeness (QED) is 0.685. The van der Waals surface area contributed by atoms with Crippen molar-refractivity contribution in [3.63, 3.8) is 0 Å². The highest BCUT2D eigenvalue weighted by Gasteiger charge is 2.13. The first kappa shape index (κ1) is 9.72. The van der Waals surface area contributed by atoms with Crippen molar-refractivity contribution in [2.45, 2.75) is 0 Å². The van der Waals surface area contributed by atoms with Crippen molar-refractivity contribution in [1.82, 2.24) is 4.70 Å².